The summed E-state index contributed by atoms with van der Waals surface area (Å²) in [6, 6.07) is 7.88. The molecule has 0 bridgehead atoms. The molecule has 1 aromatic heterocycles. The minimum atomic E-state index is 0.0521. The maximum absolute atomic E-state index is 11.8. The molecule has 5 heteroatoms. The molecule has 0 aliphatic heterocycles. The normalized spacial score (nSPS) is 10.5. The quantitative estimate of drug-likeness (QED) is 0.941. The van der Waals surface area contributed by atoms with Crippen LogP contribution in [0, 0.1) is 0 Å². The number of hydrogen-bond acceptors (Lipinski definition) is 3. The number of carbonyl (C=O) groups is 1. The van der Waals surface area contributed by atoms with E-state index in [1.165, 1.54) is 0 Å². The molecule has 2 aromatic rings. The van der Waals surface area contributed by atoms with Crippen molar-refractivity contribution in [3.63, 3.8) is 0 Å². The summed E-state index contributed by atoms with van der Waals surface area (Å²) in [5.41, 5.74) is 0. The van der Waals surface area contributed by atoms with Gasteiger partial charge in [-0.2, -0.15) is 0 Å². The molecule has 1 heterocycles. The van der Waals surface area contributed by atoms with Crippen LogP contribution >= 0.6 is 15.9 Å². The van der Waals surface area contributed by atoms with Gasteiger partial charge in [0.25, 0.3) is 0 Å². The molecular weight excluding hydrogens is 306 g/mol. The third-order valence-corrected chi connectivity index (χ3v) is 3.75. The van der Waals surface area contributed by atoms with Gasteiger partial charge in [-0.25, -0.2) is 4.98 Å². The largest absolute Gasteiger partial charge is 0.360 e. The summed E-state index contributed by atoms with van der Waals surface area (Å²) in [6.07, 6.45) is 1.74. The van der Waals surface area contributed by atoms with Gasteiger partial charge in [-0.1, -0.05) is 28.1 Å². The van der Waals surface area contributed by atoms with Gasteiger partial charge < -0.3 is 10.2 Å². The second kappa shape index (κ2) is 6.02. The highest BCUT2D eigenvalue weighted by atomic mass is 79.9. The summed E-state index contributed by atoms with van der Waals surface area (Å²) >= 11 is 3.51. The van der Waals surface area contributed by atoms with E-state index in [-0.39, 0.29) is 12.5 Å². The third kappa shape index (κ3) is 3.04. The zero-order valence-corrected chi connectivity index (χ0v) is 12.6. The number of benzene rings is 1. The van der Waals surface area contributed by atoms with Gasteiger partial charge in [0.05, 0.1) is 6.54 Å². The number of fused-ring (bicyclic) bond motifs is 1. The second-order valence-corrected chi connectivity index (χ2v) is 5.11. The first kappa shape index (κ1) is 13.8. The number of aromatic nitrogens is 1. The fourth-order valence-electron chi connectivity index (χ4n) is 1.78. The minimum Gasteiger partial charge on any atom is -0.360 e. The van der Waals surface area contributed by atoms with E-state index in [0.717, 1.165) is 21.1 Å². The van der Waals surface area contributed by atoms with Crippen molar-refractivity contribution >= 4 is 38.4 Å². The van der Waals surface area contributed by atoms with Gasteiger partial charge >= 0.3 is 0 Å². The van der Waals surface area contributed by atoms with Crippen LogP contribution in [0.2, 0.25) is 0 Å². The first-order valence-electron chi connectivity index (χ1n) is 6.14. The lowest BCUT2D eigenvalue weighted by atomic mass is 10.1. The average molecular weight is 322 g/mol. The zero-order valence-electron chi connectivity index (χ0n) is 11.0. The number of nitrogens with one attached hydrogen (secondary N) is 1. The lowest BCUT2D eigenvalue weighted by Crippen LogP contribution is -2.32. The first-order chi connectivity index (χ1) is 9.13. The number of pyridine rings is 1. The van der Waals surface area contributed by atoms with Gasteiger partial charge in [0.2, 0.25) is 5.91 Å². The van der Waals surface area contributed by atoms with E-state index in [9.17, 15) is 4.79 Å². The molecule has 0 aliphatic rings. The van der Waals surface area contributed by atoms with Crippen molar-refractivity contribution in [1.29, 1.82) is 0 Å². The van der Waals surface area contributed by atoms with Crippen LogP contribution in [0.5, 0.6) is 0 Å². The predicted octanol–water partition coefficient (Wildman–Crippen LogP) is 2.89. The maximum Gasteiger partial charge on any atom is 0.241 e. The number of amides is 1. The number of likely N-dealkylation sites (N-methyl/N-ethyl adjacent to an activating group) is 1. The lowest BCUT2D eigenvalue weighted by Gasteiger charge is -2.15. The monoisotopic (exact) mass is 321 g/mol. The smallest absolute Gasteiger partial charge is 0.241 e. The number of carbonyl (C=O) groups excluding carboxylic acids is 1. The number of nitrogens with zero attached hydrogens (tertiary/aromatic N) is 2. The van der Waals surface area contributed by atoms with Gasteiger partial charge in [-0.3, -0.25) is 4.79 Å². The Hall–Kier alpha value is -1.62. The van der Waals surface area contributed by atoms with E-state index in [1.807, 2.05) is 31.2 Å². The van der Waals surface area contributed by atoms with E-state index in [4.69, 9.17) is 0 Å². The first-order valence-corrected chi connectivity index (χ1v) is 6.94. The summed E-state index contributed by atoms with van der Waals surface area (Å²) in [4.78, 5) is 17.8. The van der Waals surface area contributed by atoms with Crippen molar-refractivity contribution in [3.8, 4) is 0 Å². The van der Waals surface area contributed by atoms with Crippen molar-refractivity contribution in [2.45, 2.75) is 6.92 Å². The molecule has 0 unspecified atom stereocenters. The second-order valence-electron chi connectivity index (χ2n) is 4.26. The van der Waals surface area contributed by atoms with Gasteiger partial charge in [0.15, 0.2) is 0 Å². The summed E-state index contributed by atoms with van der Waals surface area (Å²) in [5, 5.41) is 5.19. The van der Waals surface area contributed by atoms with Crippen molar-refractivity contribution in [2.24, 2.45) is 0 Å². The van der Waals surface area contributed by atoms with E-state index in [0.29, 0.717) is 6.54 Å². The van der Waals surface area contributed by atoms with Crippen LogP contribution in [0.1, 0.15) is 6.92 Å². The number of anilines is 1. The third-order valence-electron chi connectivity index (χ3n) is 3.06. The molecule has 0 atom stereocenters. The molecule has 19 heavy (non-hydrogen) atoms. The molecule has 1 aromatic carbocycles. The molecule has 0 aliphatic carbocycles. The highest BCUT2D eigenvalue weighted by molar-refractivity contribution is 9.10. The summed E-state index contributed by atoms with van der Waals surface area (Å²) in [5.74, 6) is 0.785. The molecule has 1 amide bonds. The van der Waals surface area contributed by atoms with Crippen LogP contribution in [-0.4, -0.2) is 35.9 Å². The topological polar surface area (TPSA) is 45.2 Å². The molecule has 0 radical (unpaired) electrons. The Labute approximate surface area is 120 Å². The Kier molecular flexibility index (Phi) is 4.37. The summed E-state index contributed by atoms with van der Waals surface area (Å²) < 4.78 is 1.02. The lowest BCUT2D eigenvalue weighted by molar-refractivity contribution is -0.127. The molecule has 0 fully saturated rings. The van der Waals surface area contributed by atoms with E-state index < -0.39 is 0 Å². The van der Waals surface area contributed by atoms with E-state index in [1.54, 1.807) is 18.1 Å². The Morgan fingerprint density at radius 1 is 1.37 bits per heavy atom. The molecule has 4 nitrogen and oxygen atoms in total. The van der Waals surface area contributed by atoms with E-state index in [2.05, 4.69) is 26.2 Å². The van der Waals surface area contributed by atoms with Crippen molar-refractivity contribution < 1.29 is 4.79 Å². The molecule has 2 rings (SSSR count). The summed E-state index contributed by atoms with van der Waals surface area (Å²) in [7, 11) is 1.79. The van der Waals surface area contributed by atoms with Gasteiger partial charge in [-0.15, -0.1) is 0 Å². The minimum absolute atomic E-state index is 0.0521. The van der Waals surface area contributed by atoms with Crippen LogP contribution in [-0.2, 0) is 4.79 Å². The number of rotatable bonds is 4. The molecule has 1 N–H and O–H groups in total. The van der Waals surface area contributed by atoms with Crippen molar-refractivity contribution in [2.75, 3.05) is 25.5 Å². The van der Waals surface area contributed by atoms with Gasteiger partial charge in [0, 0.05) is 35.0 Å². The van der Waals surface area contributed by atoms with Gasteiger partial charge in [0.1, 0.15) is 5.82 Å². The Morgan fingerprint density at radius 3 is 2.89 bits per heavy atom. The fourth-order valence-corrected chi connectivity index (χ4v) is 2.28. The number of hydrogen-bond donors (Lipinski definition) is 1. The molecule has 100 valence electrons. The Balaban J connectivity index is 2.22. The fraction of sp³-hybridized carbons (Fsp3) is 0.286. The van der Waals surface area contributed by atoms with Crippen molar-refractivity contribution in [3.05, 3.63) is 34.9 Å². The SMILES string of the molecule is CCN(C)C(=O)CNc1nccc2c(Br)cccc12. The number of halogens is 1. The van der Waals surface area contributed by atoms with Crippen LogP contribution in [0.4, 0.5) is 5.82 Å². The molecular formula is C14H16BrN3O. The summed E-state index contributed by atoms with van der Waals surface area (Å²) in [6.45, 7) is 2.91. The van der Waals surface area contributed by atoms with Crippen LogP contribution in [0.15, 0.2) is 34.9 Å². The van der Waals surface area contributed by atoms with Crippen LogP contribution in [0.3, 0.4) is 0 Å². The zero-order chi connectivity index (χ0) is 13.8. The standard InChI is InChI=1S/C14H16BrN3O/c1-3-18(2)13(19)9-17-14-11-5-4-6-12(15)10(11)7-8-16-14/h4-8H,3,9H2,1-2H3,(H,16,17). The van der Waals surface area contributed by atoms with Gasteiger partial charge in [-0.05, 0) is 19.1 Å². The molecule has 0 saturated carbocycles. The van der Waals surface area contributed by atoms with Crippen LogP contribution < -0.4 is 5.32 Å². The molecule has 0 spiro atoms. The Morgan fingerprint density at radius 2 is 2.16 bits per heavy atom. The maximum atomic E-state index is 11.8. The Bertz CT molecular complexity index is 600. The molecule has 0 saturated heterocycles. The average Bonchev–Trinajstić information content (AvgIpc) is 2.44. The highest BCUT2D eigenvalue weighted by Crippen LogP contribution is 2.27. The predicted molar refractivity (Wildman–Crippen MR) is 81.2 cm³/mol. The van der Waals surface area contributed by atoms with Crippen LogP contribution in [0.25, 0.3) is 10.8 Å². The highest BCUT2D eigenvalue weighted by Gasteiger charge is 2.08. The van der Waals surface area contributed by atoms with Crippen molar-refractivity contribution in [1.82, 2.24) is 9.88 Å². The van der Waals surface area contributed by atoms with E-state index >= 15 is 0 Å².